The van der Waals surface area contributed by atoms with Gasteiger partial charge in [0.2, 0.25) is 0 Å². The normalized spacial score (nSPS) is 11.1. The number of nitrogens with one attached hydrogen (secondary N) is 2. The van der Waals surface area contributed by atoms with Crippen LogP contribution in [0.3, 0.4) is 0 Å². The van der Waals surface area contributed by atoms with Crippen LogP contribution >= 0.6 is 11.6 Å². The standard InChI is InChI=1S/C8H11ClN4O4S/c1-5(2)17-8(14)13-18(15,16)12-7-3-6(9)10-4-11-7/h3-5H,1-2H3,(H,13,14)(H,10,11,12). The van der Waals surface area contributed by atoms with Crippen molar-refractivity contribution in [3.63, 3.8) is 0 Å². The summed E-state index contributed by atoms with van der Waals surface area (Å²) >= 11 is 5.55. The Labute approximate surface area is 109 Å². The fraction of sp³-hybridized carbons (Fsp3) is 0.375. The fourth-order valence-electron chi connectivity index (χ4n) is 0.900. The van der Waals surface area contributed by atoms with E-state index >= 15 is 0 Å². The number of ether oxygens (including phenoxy) is 1. The van der Waals surface area contributed by atoms with Crippen LogP contribution in [0.1, 0.15) is 13.8 Å². The number of carbonyl (C=O) groups is 1. The number of hydrogen-bond acceptors (Lipinski definition) is 6. The van der Waals surface area contributed by atoms with Gasteiger partial charge in [-0.1, -0.05) is 11.6 Å². The van der Waals surface area contributed by atoms with E-state index in [4.69, 9.17) is 11.6 Å². The van der Waals surface area contributed by atoms with Gasteiger partial charge in [-0.05, 0) is 13.8 Å². The molecule has 0 unspecified atom stereocenters. The van der Waals surface area contributed by atoms with Gasteiger partial charge in [-0.15, -0.1) is 0 Å². The van der Waals surface area contributed by atoms with Crippen molar-refractivity contribution in [2.24, 2.45) is 0 Å². The molecule has 0 radical (unpaired) electrons. The number of anilines is 1. The first kappa shape index (κ1) is 14.5. The summed E-state index contributed by atoms with van der Waals surface area (Å²) in [5, 5.41) is 0.0625. The molecule has 0 saturated carbocycles. The predicted octanol–water partition coefficient (Wildman–Crippen LogP) is 0.921. The molecule has 1 aromatic rings. The molecule has 0 aromatic carbocycles. The molecule has 1 aromatic heterocycles. The maximum Gasteiger partial charge on any atom is 0.422 e. The Morgan fingerprint density at radius 1 is 1.44 bits per heavy atom. The van der Waals surface area contributed by atoms with E-state index < -0.39 is 22.4 Å². The molecule has 0 bridgehead atoms. The SMILES string of the molecule is CC(C)OC(=O)NS(=O)(=O)Nc1cc(Cl)ncn1. The second kappa shape index (κ2) is 5.83. The quantitative estimate of drug-likeness (QED) is 0.799. The lowest BCUT2D eigenvalue weighted by atomic mass is 10.5. The number of rotatable bonds is 4. The Hall–Kier alpha value is -1.61. The van der Waals surface area contributed by atoms with Crippen molar-refractivity contribution in [3.05, 3.63) is 17.5 Å². The molecule has 0 atom stereocenters. The molecule has 1 amide bonds. The van der Waals surface area contributed by atoms with Crippen LogP contribution < -0.4 is 9.44 Å². The van der Waals surface area contributed by atoms with Gasteiger partial charge in [0.05, 0.1) is 6.10 Å². The molecule has 1 rings (SSSR count). The summed E-state index contributed by atoms with van der Waals surface area (Å²) in [5.41, 5.74) is 0. The van der Waals surface area contributed by atoms with Gasteiger partial charge in [0.1, 0.15) is 17.3 Å². The first-order chi connectivity index (χ1) is 8.28. The molecule has 0 saturated heterocycles. The summed E-state index contributed by atoms with van der Waals surface area (Å²) in [4.78, 5) is 18.3. The van der Waals surface area contributed by atoms with Crippen LogP contribution in [-0.2, 0) is 14.9 Å². The lowest BCUT2D eigenvalue weighted by Gasteiger charge is -2.10. The topological polar surface area (TPSA) is 110 Å². The third kappa shape index (κ3) is 5.15. The van der Waals surface area contributed by atoms with E-state index in [1.165, 1.54) is 6.07 Å². The second-order valence-electron chi connectivity index (χ2n) is 3.39. The van der Waals surface area contributed by atoms with E-state index in [9.17, 15) is 13.2 Å². The van der Waals surface area contributed by atoms with Crippen molar-refractivity contribution < 1.29 is 17.9 Å². The zero-order chi connectivity index (χ0) is 13.8. The van der Waals surface area contributed by atoms with Crippen LogP contribution in [0.4, 0.5) is 10.6 Å². The third-order valence-corrected chi connectivity index (χ3v) is 2.55. The molecule has 18 heavy (non-hydrogen) atoms. The molecule has 100 valence electrons. The van der Waals surface area contributed by atoms with E-state index in [0.717, 1.165) is 6.33 Å². The smallest absolute Gasteiger partial charge is 0.422 e. The number of halogens is 1. The molecule has 8 nitrogen and oxygen atoms in total. The van der Waals surface area contributed by atoms with Crippen LogP contribution in [-0.4, -0.2) is 30.6 Å². The van der Waals surface area contributed by atoms with Crippen molar-refractivity contribution in [1.29, 1.82) is 0 Å². The van der Waals surface area contributed by atoms with Crippen molar-refractivity contribution in [2.45, 2.75) is 20.0 Å². The summed E-state index contributed by atoms with van der Waals surface area (Å²) in [6.07, 6.45) is -0.446. The molecule has 0 aliphatic heterocycles. The summed E-state index contributed by atoms with van der Waals surface area (Å²) in [6, 6.07) is 1.19. The molecule has 10 heteroatoms. The van der Waals surface area contributed by atoms with Gasteiger partial charge in [-0.2, -0.15) is 8.42 Å². The first-order valence-electron chi connectivity index (χ1n) is 4.77. The van der Waals surface area contributed by atoms with Gasteiger partial charge in [-0.3, -0.25) is 0 Å². The lowest BCUT2D eigenvalue weighted by Crippen LogP contribution is -2.37. The Morgan fingerprint density at radius 3 is 2.67 bits per heavy atom. The Bertz CT molecular complexity index is 534. The van der Waals surface area contributed by atoms with Crippen LogP contribution in [0.5, 0.6) is 0 Å². The summed E-state index contributed by atoms with van der Waals surface area (Å²) in [5.74, 6) is -0.0696. The number of hydrogen-bond donors (Lipinski definition) is 2. The maximum absolute atomic E-state index is 11.5. The summed E-state index contributed by atoms with van der Waals surface area (Å²) in [6.45, 7) is 3.17. The van der Waals surface area contributed by atoms with E-state index in [0.29, 0.717) is 0 Å². The third-order valence-electron chi connectivity index (χ3n) is 1.43. The summed E-state index contributed by atoms with van der Waals surface area (Å²) in [7, 11) is -4.12. The van der Waals surface area contributed by atoms with Crippen LogP contribution in [0.25, 0.3) is 0 Å². The molecule has 0 spiro atoms. The monoisotopic (exact) mass is 294 g/mol. The molecule has 1 heterocycles. The highest BCUT2D eigenvalue weighted by Gasteiger charge is 2.17. The zero-order valence-electron chi connectivity index (χ0n) is 9.55. The second-order valence-corrected chi connectivity index (χ2v) is 5.19. The Balaban J connectivity index is 2.68. The average Bonchev–Trinajstić information content (AvgIpc) is 2.13. The molecule has 0 aliphatic carbocycles. The number of amides is 1. The van der Waals surface area contributed by atoms with E-state index in [-0.39, 0.29) is 11.0 Å². The lowest BCUT2D eigenvalue weighted by molar-refractivity contribution is 0.121. The van der Waals surface area contributed by atoms with Gasteiger partial charge < -0.3 is 4.74 Å². The van der Waals surface area contributed by atoms with Crippen molar-refractivity contribution in [3.8, 4) is 0 Å². The van der Waals surface area contributed by atoms with Gasteiger partial charge in [0.25, 0.3) is 0 Å². The fourth-order valence-corrected chi connectivity index (χ4v) is 1.75. The molecule has 2 N–H and O–H groups in total. The number of nitrogens with zero attached hydrogens (tertiary/aromatic N) is 2. The highest BCUT2D eigenvalue weighted by atomic mass is 35.5. The van der Waals surface area contributed by atoms with Gasteiger partial charge in [0, 0.05) is 6.07 Å². The molecule has 0 fully saturated rings. The molecular weight excluding hydrogens is 284 g/mol. The van der Waals surface area contributed by atoms with Crippen LogP contribution in [0.2, 0.25) is 5.15 Å². The average molecular weight is 295 g/mol. The molecule has 0 aliphatic rings. The van der Waals surface area contributed by atoms with E-state index in [1.54, 1.807) is 18.6 Å². The summed E-state index contributed by atoms with van der Waals surface area (Å²) < 4.78 is 31.2. The number of aromatic nitrogens is 2. The highest BCUT2D eigenvalue weighted by molar-refractivity contribution is 7.91. The predicted molar refractivity (Wildman–Crippen MR) is 64.3 cm³/mol. The van der Waals surface area contributed by atoms with Gasteiger partial charge >= 0.3 is 16.3 Å². The van der Waals surface area contributed by atoms with Gasteiger partial charge in [0.15, 0.2) is 0 Å². The van der Waals surface area contributed by atoms with Crippen molar-refractivity contribution >= 4 is 33.7 Å². The number of carbonyl (C=O) groups excluding carboxylic acids is 1. The minimum Gasteiger partial charge on any atom is -0.446 e. The Kier molecular flexibility index (Phi) is 4.68. The minimum absolute atomic E-state index is 0.0625. The maximum atomic E-state index is 11.5. The molecular formula is C8H11ClN4O4S. The van der Waals surface area contributed by atoms with Crippen LogP contribution in [0, 0.1) is 0 Å². The first-order valence-corrected chi connectivity index (χ1v) is 6.63. The van der Waals surface area contributed by atoms with Crippen molar-refractivity contribution in [2.75, 3.05) is 4.72 Å². The minimum atomic E-state index is -4.12. The van der Waals surface area contributed by atoms with Crippen molar-refractivity contribution in [1.82, 2.24) is 14.7 Å². The highest BCUT2D eigenvalue weighted by Crippen LogP contribution is 2.09. The largest absolute Gasteiger partial charge is 0.446 e. The van der Waals surface area contributed by atoms with Crippen LogP contribution in [0.15, 0.2) is 12.4 Å². The van der Waals surface area contributed by atoms with E-state index in [2.05, 4.69) is 14.7 Å². The van der Waals surface area contributed by atoms with Gasteiger partial charge in [-0.25, -0.2) is 24.2 Å². The zero-order valence-corrected chi connectivity index (χ0v) is 11.1. The van der Waals surface area contributed by atoms with E-state index in [1.807, 2.05) is 4.72 Å². The Morgan fingerprint density at radius 2 is 2.11 bits per heavy atom.